The molecule has 1 saturated heterocycles. The van der Waals surface area contributed by atoms with Gasteiger partial charge in [-0.25, -0.2) is 0 Å². The summed E-state index contributed by atoms with van der Waals surface area (Å²) in [6.07, 6.45) is 0.246. The number of fused-ring (bicyclic) bond motifs is 1. The summed E-state index contributed by atoms with van der Waals surface area (Å²) in [5, 5.41) is 10.1. The Morgan fingerprint density at radius 1 is 1.14 bits per heavy atom. The second kappa shape index (κ2) is 6.56. The van der Waals surface area contributed by atoms with E-state index in [9.17, 15) is 4.79 Å². The molecule has 0 radical (unpaired) electrons. The fourth-order valence-electron chi connectivity index (χ4n) is 2.76. The number of nitrogens with zero attached hydrogens (tertiary/aromatic N) is 2. The molecule has 1 aliphatic rings. The molecule has 21 heavy (non-hydrogen) atoms. The lowest BCUT2D eigenvalue weighted by Gasteiger charge is -2.34. The maximum Gasteiger partial charge on any atom is 0.304 e. The van der Waals surface area contributed by atoms with E-state index in [0.717, 1.165) is 32.7 Å². The van der Waals surface area contributed by atoms with Crippen LogP contribution in [0.15, 0.2) is 30.3 Å². The second-order valence-corrected chi connectivity index (χ2v) is 6.68. The zero-order chi connectivity index (χ0) is 14.7. The fourth-order valence-corrected chi connectivity index (χ4v) is 3.87. The first-order chi connectivity index (χ1) is 10.2. The number of benzene rings is 1. The average Bonchev–Trinajstić information content (AvgIpc) is 2.88. The summed E-state index contributed by atoms with van der Waals surface area (Å²) in [4.78, 5) is 16.7. The third-order valence-corrected chi connectivity index (χ3v) is 5.06. The summed E-state index contributed by atoms with van der Waals surface area (Å²) >= 11 is 1.87. The molecule has 4 nitrogen and oxygen atoms in total. The molecule has 112 valence electrons. The normalized spacial score (nSPS) is 17.3. The van der Waals surface area contributed by atoms with Gasteiger partial charge in [0.05, 0.1) is 6.42 Å². The van der Waals surface area contributed by atoms with Gasteiger partial charge < -0.3 is 10.0 Å². The van der Waals surface area contributed by atoms with Crippen molar-refractivity contribution in [1.82, 2.24) is 9.80 Å². The highest BCUT2D eigenvalue weighted by molar-refractivity contribution is 7.19. The predicted octanol–water partition coefficient (Wildman–Crippen LogP) is 2.49. The van der Waals surface area contributed by atoms with Gasteiger partial charge in [0.1, 0.15) is 0 Å². The van der Waals surface area contributed by atoms with Crippen LogP contribution < -0.4 is 0 Å². The standard InChI is InChI=1S/C16H20N2O2S/c19-16(20)5-6-17-7-9-18(10-8-17)12-14-11-13-3-1-2-4-15(13)21-14/h1-4,11H,5-10,12H2,(H,19,20). The minimum atomic E-state index is -0.706. The summed E-state index contributed by atoms with van der Waals surface area (Å²) in [5.41, 5.74) is 0. The summed E-state index contributed by atoms with van der Waals surface area (Å²) in [7, 11) is 0. The van der Waals surface area contributed by atoms with Crippen molar-refractivity contribution in [3.8, 4) is 0 Å². The third kappa shape index (κ3) is 3.81. The van der Waals surface area contributed by atoms with Crippen LogP contribution in [0.5, 0.6) is 0 Å². The lowest BCUT2D eigenvalue weighted by molar-refractivity contribution is -0.137. The molecule has 1 aromatic heterocycles. The number of aliphatic carboxylic acids is 1. The molecule has 1 aliphatic heterocycles. The number of rotatable bonds is 5. The van der Waals surface area contributed by atoms with Crippen LogP contribution in [-0.2, 0) is 11.3 Å². The molecule has 2 heterocycles. The molecule has 2 aromatic rings. The first kappa shape index (κ1) is 14.5. The Hall–Kier alpha value is -1.43. The van der Waals surface area contributed by atoms with Crippen LogP contribution in [0.3, 0.4) is 0 Å². The van der Waals surface area contributed by atoms with E-state index in [1.807, 2.05) is 11.3 Å². The van der Waals surface area contributed by atoms with Crippen molar-refractivity contribution < 1.29 is 9.90 Å². The number of piperazine rings is 1. The molecule has 0 spiro atoms. The van der Waals surface area contributed by atoms with Crippen molar-refractivity contribution in [2.24, 2.45) is 0 Å². The van der Waals surface area contributed by atoms with E-state index in [2.05, 4.69) is 40.1 Å². The highest BCUT2D eigenvalue weighted by Gasteiger charge is 2.18. The number of carbonyl (C=O) groups is 1. The Labute approximate surface area is 128 Å². The van der Waals surface area contributed by atoms with Gasteiger partial charge in [0.2, 0.25) is 0 Å². The van der Waals surface area contributed by atoms with E-state index < -0.39 is 5.97 Å². The minimum Gasteiger partial charge on any atom is -0.481 e. The molecule has 0 amide bonds. The van der Waals surface area contributed by atoms with Crippen LogP contribution in [0.25, 0.3) is 10.1 Å². The van der Waals surface area contributed by atoms with E-state index >= 15 is 0 Å². The molecular formula is C16H20N2O2S. The van der Waals surface area contributed by atoms with Gasteiger partial charge in [-0.15, -0.1) is 11.3 Å². The number of hydrogen-bond acceptors (Lipinski definition) is 4. The zero-order valence-electron chi connectivity index (χ0n) is 12.0. The SMILES string of the molecule is O=C(O)CCN1CCN(Cc2cc3ccccc3s2)CC1. The Kier molecular flexibility index (Phi) is 4.53. The van der Waals surface area contributed by atoms with Crippen molar-refractivity contribution in [3.05, 3.63) is 35.2 Å². The molecule has 0 bridgehead atoms. The van der Waals surface area contributed by atoms with Crippen LogP contribution in [0.2, 0.25) is 0 Å². The van der Waals surface area contributed by atoms with Crippen LogP contribution in [0, 0.1) is 0 Å². The summed E-state index contributed by atoms with van der Waals surface area (Å²) in [6, 6.07) is 10.8. The number of carboxylic acid groups (broad SMARTS) is 1. The van der Waals surface area contributed by atoms with E-state index in [-0.39, 0.29) is 6.42 Å². The maximum absolute atomic E-state index is 10.6. The smallest absolute Gasteiger partial charge is 0.304 e. The quantitative estimate of drug-likeness (QED) is 0.922. The molecule has 5 heteroatoms. The highest BCUT2D eigenvalue weighted by atomic mass is 32.1. The molecule has 3 rings (SSSR count). The average molecular weight is 304 g/mol. The third-order valence-electron chi connectivity index (χ3n) is 3.96. The van der Waals surface area contributed by atoms with Gasteiger partial charge in [0.25, 0.3) is 0 Å². The van der Waals surface area contributed by atoms with Crippen molar-refractivity contribution in [1.29, 1.82) is 0 Å². The maximum atomic E-state index is 10.6. The molecular weight excluding hydrogens is 284 g/mol. The number of carboxylic acids is 1. The lowest BCUT2D eigenvalue weighted by atomic mass is 10.2. The first-order valence-corrected chi connectivity index (χ1v) is 8.16. The van der Waals surface area contributed by atoms with E-state index in [0.29, 0.717) is 6.54 Å². The fraction of sp³-hybridized carbons (Fsp3) is 0.438. The number of hydrogen-bond donors (Lipinski definition) is 1. The summed E-state index contributed by atoms with van der Waals surface area (Å²) < 4.78 is 1.35. The van der Waals surface area contributed by atoms with Crippen molar-refractivity contribution in [2.75, 3.05) is 32.7 Å². The van der Waals surface area contributed by atoms with Crippen LogP contribution in [-0.4, -0.2) is 53.6 Å². The monoisotopic (exact) mass is 304 g/mol. The topological polar surface area (TPSA) is 43.8 Å². The first-order valence-electron chi connectivity index (χ1n) is 7.35. The second-order valence-electron chi connectivity index (χ2n) is 5.51. The molecule has 1 N–H and O–H groups in total. The van der Waals surface area contributed by atoms with Crippen molar-refractivity contribution in [3.63, 3.8) is 0 Å². The van der Waals surface area contributed by atoms with Gasteiger partial charge in [-0.3, -0.25) is 9.69 Å². The predicted molar refractivity (Wildman–Crippen MR) is 85.8 cm³/mol. The van der Waals surface area contributed by atoms with Gasteiger partial charge in [0, 0.05) is 48.8 Å². The number of thiophene rings is 1. The Balaban J connectivity index is 1.52. The molecule has 1 aromatic carbocycles. The van der Waals surface area contributed by atoms with Crippen LogP contribution >= 0.6 is 11.3 Å². The van der Waals surface area contributed by atoms with Gasteiger partial charge >= 0.3 is 5.97 Å². The van der Waals surface area contributed by atoms with E-state index in [4.69, 9.17) is 5.11 Å². The largest absolute Gasteiger partial charge is 0.481 e. The minimum absolute atomic E-state index is 0.246. The summed E-state index contributed by atoms with van der Waals surface area (Å²) in [5.74, 6) is -0.706. The Morgan fingerprint density at radius 3 is 2.57 bits per heavy atom. The Morgan fingerprint density at radius 2 is 1.86 bits per heavy atom. The van der Waals surface area contributed by atoms with Gasteiger partial charge in [-0.1, -0.05) is 18.2 Å². The van der Waals surface area contributed by atoms with Crippen LogP contribution in [0.1, 0.15) is 11.3 Å². The Bertz CT molecular complexity index is 585. The van der Waals surface area contributed by atoms with Gasteiger partial charge in [0.15, 0.2) is 0 Å². The van der Waals surface area contributed by atoms with Gasteiger partial charge in [-0.2, -0.15) is 0 Å². The van der Waals surface area contributed by atoms with E-state index in [1.54, 1.807) is 0 Å². The van der Waals surface area contributed by atoms with Crippen molar-refractivity contribution in [2.45, 2.75) is 13.0 Å². The lowest BCUT2D eigenvalue weighted by Crippen LogP contribution is -2.46. The molecule has 0 aliphatic carbocycles. The van der Waals surface area contributed by atoms with Crippen LogP contribution in [0.4, 0.5) is 0 Å². The molecule has 0 unspecified atom stereocenters. The van der Waals surface area contributed by atoms with Gasteiger partial charge in [-0.05, 0) is 17.5 Å². The summed E-state index contributed by atoms with van der Waals surface area (Å²) in [6.45, 7) is 5.66. The van der Waals surface area contributed by atoms with E-state index in [1.165, 1.54) is 15.0 Å². The highest BCUT2D eigenvalue weighted by Crippen LogP contribution is 2.26. The molecule has 0 atom stereocenters. The van der Waals surface area contributed by atoms with Crippen molar-refractivity contribution >= 4 is 27.4 Å². The molecule has 0 saturated carbocycles. The molecule has 1 fully saturated rings. The zero-order valence-corrected chi connectivity index (χ0v) is 12.8.